The molecule has 2 N–H and O–H groups in total. The van der Waals surface area contributed by atoms with Crippen molar-refractivity contribution in [1.29, 1.82) is 0 Å². The number of carboxylic acids is 1. The van der Waals surface area contributed by atoms with Crippen LogP contribution in [0.4, 0.5) is 0 Å². The van der Waals surface area contributed by atoms with Crippen molar-refractivity contribution in [2.75, 3.05) is 12.3 Å². The highest BCUT2D eigenvalue weighted by molar-refractivity contribution is 7.58. The molecule has 0 saturated carbocycles. The first-order valence-electron chi connectivity index (χ1n) is 6.51. The quantitative estimate of drug-likeness (QED) is 0.384. The minimum Gasteiger partial charge on any atom is -0.478 e. The number of rotatable bonds is 9. The molecule has 0 rings (SSSR count). The molecule has 0 aromatic rings. The molecular formula is C13H25O4P. The van der Waals surface area contributed by atoms with E-state index >= 15 is 0 Å². The number of hydrogen-bond acceptors (Lipinski definition) is 2. The Hall–Kier alpha value is -0.600. The summed E-state index contributed by atoms with van der Waals surface area (Å²) in [7, 11) is -3.36. The van der Waals surface area contributed by atoms with Gasteiger partial charge in [0.2, 0.25) is 7.37 Å². The SMILES string of the molecule is CCCCCC=C(CP(=O)(O)CC(C)C)C(=O)O. The summed E-state index contributed by atoms with van der Waals surface area (Å²) in [5.41, 5.74) is 0.0811. The zero-order valence-electron chi connectivity index (χ0n) is 11.6. The van der Waals surface area contributed by atoms with E-state index < -0.39 is 13.3 Å². The topological polar surface area (TPSA) is 74.6 Å². The van der Waals surface area contributed by atoms with Crippen molar-refractivity contribution >= 4 is 13.3 Å². The number of allylic oxidation sites excluding steroid dienone is 1. The molecule has 0 aliphatic rings. The van der Waals surface area contributed by atoms with E-state index in [0.717, 1.165) is 19.3 Å². The Kier molecular flexibility index (Phi) is 8.21. The summed E-state index contributed by atoms with van der Waals surface area (Å²) < 4.78 is 11.9. The Morgan fingerprint density at radius 2 is 1.94 bits per heavy atom. The van der Waals surface area contributed by atoms with Gasteiger partial charge in [0, 0.05) is 11.7 Å². The van der Waals surface area contributed by atoms with E-state index in [2.05, 4.69) is 6.92 Å². The van der Waals surface area contributed by atoms with Crippen LogP contribution in [0.3, 0.4) is 0 Å². The summed E-state index contributed by atoms with van der Waals surface area (Å²) in [4.78, 5) is 20.8. The fourth-order valence-corrected chi connectivity index (χ4v) is 3.86. The molecule has 0 aromatic heterocycles. The lowest BCUT2D eigenvalue weighted by Gasteiger charge is -2.14. The molecule has 0 amide bonds. The van der Waals surface area contributed by atoms with Gasteiger partial charge in [0.1, 0.15) is 0 Å². The molecular weight excluding hydrogens is 251 g/mol. The van der Waals surface area contributed by atoms with Crippen molar-refractivity contribution in [3.05, 3.63) is 11.6 Å². The second-order valence-electron chi connectivity index (χ2n) is 5.11. The van der Waals surface area contributed by atoms with Crippen molar-refractivity contribution in [1.82, 2.24) is 0 Å². The highest BCUT2D eigenvalue weighted by Crippen LogP contribution is 2.44. The second-order valence-corrected chi connectivity index (χ2v) is 7.49. The molecule has 1 unspecified atom stereocenters. The molecule has 5 heteroatoms. The highest BCUT2D eigenvalue weighted by Gasteiger charge is 2.24. The first-order valence-corrected chi connectivity index (χ1v) is 8.54. The average Bonchev–Trinajstić information content (AvgIpc) is 2.20. The first kappa shape index (κ1) is 17.4. The van der Waals surface area contributed by atoms with E-state index in [1.807, 2.05) is 13.8 Å². The summed E-state index contributed by atoms with van der Waals surface area (Å²) >= 11 is 0. The average molecular weight is 276 g/mol. The van der Waals surface area contributed by atoms with Crippen molar-refractivity contribution in [3.63, 3.8) is 0 Å². The molecule has 0 bridgehead atoms. The minimum atomic E-state index is -3.36. The van der Waals surface area contributed by atoms with Crippen molar-refractivity contribution < 1.29 is 19.4 Å². The molecule has 1 atom stereocenters. The third-order valence-electron chi connectivity index (χ3n) is 2.54. The Balaban J connectivity index is 4.53. The van der Waals surface area contributed by atoms with E-state index in [1.165, 1.54) is 0 Å². The Morgan fingerprint density at radius 1 is 1.33 bits per heavy atom. The fourth-order valence-electron chi connectivity index (χ4n) is 1.79. The monoisotopic (exact) mass is 276 g/mol. The van der Waals surface area contributed by atoms with Crippen molar-refractivity contribution in [2.45, 2.75) is 46.5 Å². The van der Waals surface area contributed by atoms with Crippen LogP contribution in [0.15, 0.2) is 11.6 Å². The van der Waals surface area contributed by atoms with Gasteiger partial charge in [-0.1, -0.05) is 39.7 Å². The predicted molar refractivity (Wildman–Crippen MR) is 74.3 cm³/mol. The number of unbranched alkanes of at least 4 members (excludes halogenated alkanes) is 3. The minimum absolute atomic E-state index is 0.0811. The molecule has 0 radical (unpaired) electrons. The zero-order valence-corrected chi connectivity index (χ0v) is 12.4. The molecule has 0 fully saturated rings. The fraction of sp³-hybridized carbons (Fsp3) is 0.769. The second kappa shape index (κ2) is 8.49. The van der Waals surface area contributed by atoms with Crippen LogP contribution in [0, 0.1) is 5.92 Å². The molecule has 4 nitrogen and oxygen atoms in total. The van der Waals surface area contributed by atoms with Crippen LogP contribution in [0.2, 0.25) is 0 Å². The van der Waals surface area contributed by atoms with E-state index in [-0.39, 0.29) is 23.8 Å². The van der Waals surface area contributed by atoms with Gasteiger partial charge in [-0.05, 0) is 18.8 Å². The van der Waals surface area contributed by atoms with Gasteiger partial charge in [0.25, 0.3) is 0 Å². The zero-order chi connectivity index (χ0) is 14.2. The van der Waals surface area contributed by atoms with E-state index in [1.54, 1.807) is 6.08 Å². The molecule has 18 heavy (non-hydrogen) atoms. The molecule has 0 aromatic carbocycles. The Labute approximate surface area is 110 Å². The lowest BCUT2D eigenvalue weighted by Crippen LogP contribution is -2.09. The van der Waals surface area contributed by atoms with Crippen LogP contribution in [0.1, 0.15) is 46.5 Å². The third kappa shape index (κ3) is 8.48. The molecule has 0 aliphatic carbocycles. The van der Waals surface area contributed by atoms with E-state index in [4.69, 9.17) is 5.11 Å². The summed E-state index contributed by atoms with van der Waals surface area (Å²) in [6, 6.07) is 0. The summed E-state index contributed by atoms with van der Waals surface area (Å²) in [6.45, 7) is 5.79. The molecule has 106 valence electrons. The van der Waals surface area contributed by atoms with Gasteiger partial charge < -0.3 is 10.00 Å². The highest BCUT2D eigenvalue weighted by atomic mass is 31.2. The van der Waals surface area contributed by atoms with Crippen LogP contribution < -0.4 is 0 Å². The molecule has 0 aliphatic heterocycles. The van der Waals surface area contributed by atoms with Gasteiger partial charge in [-0.3, -0.25) is 4.57 Å². The largest absolute Gasteiger partial charge is 0.478 e. The Morgan fingerprint density at radius 3 is 2.39 bits per heavy atom. The summed E-state index contributed by atoms with van der Waals surface area (Å²) in [5, 5.41) is 9.03. The van der Waals surface area contributed by atoms with Crippen LogP contribution in [0.25, 0.3) is 0 Å². The van der Waals surface area contributed by atoms with E-state index in [9.17, 15) is 14.3 Å². The smallest absolute Gasteiger partial charge is 0.331 e. The lowest BCUT2D eigenvalue weighted by molar-refractivity contribution is -0.132. The maximum atomic E-state index is 11.9. The number of carboxylic acid groups (broad SMARTS) is 1. The van der Waals surface area contributed by atoms with E-state index in [0.29, 0.717) is 6.42 Å². The van der Waals surface area contributed by atoms with Gasteiger partial charge in [-0.15, -0.1) is 0 Å². The summed E-state index contributed by atoms with van der Waals surface area (Å²) in [6.07, 6.45) is 5.26. The van der Waals surface area contributed by atoms with Crippen LogP contribution in [-0.4, -0.2) is 28.3 Å². The van der Waals surface area contributed by atoms with Crippen molar-refractivity contribution in [3.8, 4) is 0 Å². The standard InChI is InChI=1S/C13H25O4P/c1-4-5-6-7-8-12(13(14)15)10-18(16,17)9-11(2)3/h8,11H,4-7,9-10H2,1-3H3,(H,14,15)(H,16,17). The maximum absolute atomic E-state index is 11.9. The normalized spacial score (nSPS) is 15.7. The first-order chi connectivity index (χ1) is 8.28. The van der Waals surface area contributed by atoms with Crippen molar-refractivity contribution in [2.24, 2.45) is 5.92 Å². The molecule has 0 saturated heterocycles. The molecule has 0 spiro atoms. The lowest BCUT2D eigenvalue weighted by atomic mass is 10.1. The van der Waals surface area contributed by atoms with Gasteiger partial charge in [0.05, 0.1) is 6.16 Å². The summed E-state index contributed by atoms with van der Waals surface area (Å²) in [5.74, 6) is -0.986. The van der Waals surface area contributed by atoms with Crippen LogP contribution >= 0.6 is 7.37 Å². The van der Waals surface area contributed by atoms with Gasteiger partial charge >= 0.3 is 5.97 Å². The van der Waals surface area contributed by atoms with Gasteiger partial charge in [0.15, 0.2) is 0 Å². The number of aliphatic carboxylic acids is 1. The maximum Gasteiger partial charge on any atom is 0.331 e. The van der Waals surface area contributed by atoms with Gasteiger partial charge in [-0.2, -0.15) is 0 Å². The van der Waals surface area contributed by atoms with Gasteiger partial charge in [-0.25, -0.2) is 4.79 Å². The molecule has 0 heterocycles. The number of carbonyl (C=O) groups is 1. The van der Waals surface area contributed by atoms with Crippen LogP contribution in [-0.2, 0) is 9.36 Å². The Bertz CT molecular complexity index is 334. The number of hydrogen-bond donors (Lipinski definition) is 2. The predicted octanol–water partition coefficient (Wildman–Crippen LogP) is 3.50. The van der Waals surface area contributed by atoms with Crippen LogP contribution in [0.5, 0.6) is 0 Å². The third-order valence-corrected chi connectivity index (χ3v) is 4.68.